The van der Waals surface area contributed by atoms with Crippen molar-refractivity contribution >= 4 is 28.3 Å². The van der Waals surface area contributed by atoms with Crippen LogP contribution in [0.3, 0.4) is 0 Å². The van der Waals surface area contributed by atoms with Crippen LogP contribution in [-0.4, -0.2) is 35.2 Å². The normalized spacial score (nSPS) is 28.4. The highest BCUT2D eigenvalue weighted by atomic mass is 32.1. The fourth-order valence-electron chi connectivity index (χ4n) is 6.22. The van der Waals surface area contributed by atoms with E-state index in [2.05, 4.69) is 20.8 Å². The molecule has 4 aliphatic rings. The fourth-order valence-corrected chi connectivity index (χ4v) is 7.19. The maximum absolute atomic E-state index is 12.5. The van der Waals surface area contributed by atoms with Crippen molar-refractivity contribution in [2.24, 2.45) is 17.8 Å². The zero-order valence-electron chi connectivity index (χ0n) is 17.7. The summed E-state index contributed by atoms with van der Waals surface area (Å²) in [7, 11) is 0. The molecular weight excluding hydrogens is 412 g/mol. The third-order valence-corrected chi connectivity index (χ3v) is 8.09. The minimum absolute atomic E-state index is 0.133. The predicted molar refractivity (Wildman–Crippen MR) is 118 cm³/mol. The lowest BCUT2D eigenvalue weighted by Crippen LogP contribution is -2.48. The number of anilines is 1. The average molecular weight is 441 g/mol. The number of carbonyl (C=O) groups is 2. The number of nitrogens with zero attached hydrogens (tertiary/aromatic N) is 2. The van der Waals surface area contributed by atoms with Gasteiger partial charge in [-0.05, 0) is 75.3 Å². The SMILES string of the molecule is CCOc1ccccc1C(=O)NCC(=O)Nc1nnc(C23CC4CC(CC(C4)C2)C3)s1. The number of carbonyl (C=O) groups excluding carboxylic acids is 2. The van der Waals surface area contributed by atoms with Gasteiger partial charge in [0.2, 0.25) is 11.0 Å². The summed E-state index contributed by atoms with van der Waals surface area (Å²) in [6.45, 7) is 2.20. The molecular formula is C23H28N4O3S. The lowest BCUT2D eigenvalue weighted by Gasteiger charge is -2.55. The topological polar surface area (TPSA) is 93.2 Å². The van der Waals surface area contributed by atoms with E-state index in [0.717, 1.165) is 22.8 Å². The number of para-hydroxylation sites is 1. The molecule has 0 spiro atoms. The predicted octanol–water partition coefficient (Wildman–Crippen LogP) is 3.77. The van der Waals surface area contributed by atoms with Gasteiger partial charge >= 0.3 is 0 Å². The molecule has 7 nitrogen and oxygen atoms in total. The van der Waals surface area contributed by atoms with Gasteiger partial charge in [0.15, 0.2) is 0 Å². The largest absolute Gasteiger partial charge is 0.493 e. The Morgan fingerprint density at radius 3 is 2.45 bits per heavy atom. The molecule has 2 N–H and O–H groups in total. The van der Waals surface area contributed by atoms with Gasteiger partial charge in [0.1, 0.15) is 10.8 Å². The Labute approximate surface area is 186 Å². The first-order valence-electron chi connectivity index (χ1n) is 11.2. The van der Waals surface area contributed by atoms with Gasteiger partial charge in [0, 0.05) is 5.41 Å². The first-order valence-corrected chi connectivity index (χ1v) is 12.0. The summed E-state index contributed by atoms with van der Waals surface area (Å²) in [4.78, 5) is 24.9. The third kappa shape index (κ3) is 4.05. The van der Waals surface area contributed by atoms with Crippen molar-refractivity contribution in [3.8, 4) is 5.75 Å². The van der Waals surface area contributed by atoms with Crippen LogP contribution in [-0.2, 0) is 10.2 Å². The summed E-state index contributed by atoms with van der Waals surface area (Å²) in [5, 5.41) is 15.8. The van der Waals surface area contributed by atoms with Crippen LogP contribution >= 0.6 is 11.3 Å². The second-order valence-corrected chi connectivity index (χ2v) is 10.2. The Balaban J connectivity index is 1.19. The highest BCUT2D eigenvalue weighted by Gasteiger charge is 2.53. The van der Waals surface area contributed by atoms with Crippen molar-refractivity contribution in [3.63, 3.8) is 0 Å². The van der Waals surface area contributed by atoms with Gasteiger partial charge in [-0.25, -0.2) is 0 Å². The summed E-state index contributed by atoms with van der Waals surface area (Å²) in [5.74, 6) is 2.36. The molecule has 164 valence electrons. The molecule has 1 aromatic heterocycles. The van der Waals surface area contributed by atoms with Gasteiger partial charge < -0.3 is 10.1 Å². The van der Waals surface area contributed by atoms with Gasteiger partial charge in [-0.2, -0.15) is 0 Å². The lowest BCUT2D eigenvalue weighted by atomic mass is 9.50. The Morgan fingerprint density at radius 2 is 1.77 bits per heavy atom. The number of nitrogens with one attached hydrogen (secondary N) is 2. The van der Waals surface area contributed by atoms with E-state index in [1.54, 1.807) is 18.2 Å². The molecule has 8 heteroatoms. The molecule has 0 atom stereocenters. The monoisotopic (exact) mass is 440 g/mol. The van der Waals surface area contributed by atoms with Gasteiger partial charge in [-0.15, -0.1) is 10.2 Å². The van der Waals surface area contributed by atoms with Gasteiger partial charge in [-0.3, -0.25) is 14.9 Å². The van der Waals surface area contributed by atoms with E-state index in [1.165, 1.54) is 49.9 Å². The fraction of sp³-hybridized carbons (Fsp3) is 0.565. The molecule has 2 amide bonds. The van der Waals surface area contributed by atoms with Gasteiger partial charge in [0.25, 0.3) is 5.91 Å². The average Bonchev–Trinajstić information content (AvgIpc) is 3.21. The van der Waals surface area contributed by atoms with Crippen molar-refractivity contribution in [2.45, 2.75) is 50.9 Å². The quantitative estimate of drug-likeness (QED) is 0.684. The number of amides is 2. The van der Waals surface area contributed by atoms with Crippen LogP contribution in [0.15, 0.2) is 24.3 Å². The Hall–Kier alpha value is -2.48. The number of ether oxygens (including phenoxy) is 1. The molecule has 4 aliphatic carbocycles. The van der Waals surface area contributed by atoms with E-state index in [-0.39, 0.29) is 23.8 Å². The smallest absolute Gasteiger partial charge is 0.255 e. The standard InChI is InChI=1S/C23H28N4O3S/c1-2-30-18-6-4-3-5-17(18)20(29)24-13-19(28)25-22-27-26-21(31-22)23-10-14-7-15(11-23)9-16(8-14)12-23/h3-6,14-16H,2,7-13H2,1H3,(H,24,29)(H,25,27,28). The Morgan fingerprint density at radius 1 is 1.10 bits per heavy atom. The van der Waals surface area contributed by atoms with Crippen molar-refractivity contribution < 1.29 is 14.3 Å². The lowest BCUT2D eigenvalue weighted by molar-refractivity contribution is -0.115. The molecule has 4 saturated carbocycles. The van der Waals surface area contributed by atoms with Crippen molar-refractivity contribution in [1.29, 1.82) is 0 Å². The van der Waals surface area contributed by atoms with Crippen molar-refractivity contribution in [1.82, 2.24) is 15.5 Å². The molecule has 1 heterocycles. The van der Waals surface area contributed by atoms with E-state index < -0.39 is 0 Å². The summed E-state index contributed by atoms with van der Waals surface area (Å²) in [5.41, 5.74) is 0.587. The summed E-state index contributed by atoms with van der Waals surface area (Å²) >= 11 is 1.50. The molecule has 4 bridgehead atoms. The van der Waals surface area contributed by atoms with Crippen LogP contribution in [0.5, 0.6) is 5.75 Å². The number of aromatic nitrogens is 2. The van der Waals surface area contributed by atoms with Crippen molar-refractivity contribution in [2.75, 3.05) is 18.5 Å². The Bertz CT molecular complexity index is 953. The second kappa shape index (κ2) is 8.22. The molecule has 2 aromatic rings. The number of hydrogen-bond donors (Lipinski definition) is 2. The van der Waals surface area contributed by atoms with E-state index >= 15 is 0 Å². The summed E-state index contributed by atoms with van der Waals surface area (Å²) in [6, 6.07) is 7.00. The third-order valence-electron chi connectivity index (χ3n) is 7.00. The first kappa shape index (κ1) is 20.4. The highest BCUT2D eigenvalue weighted by molar-refractivity contribution is 7.15. The van der Waals surface area contributed by atoms with E-state index in [9.17, 15) is 9.59 Å². The van der Waals surface area contributed by atoms with Gasteiger partial charge in [-0.1, -0.05) is 23.5 Å². The van der Waals surface area contributed by atoms with Crippen LogP contribution in [0.2, 0.25) is 0 Å². The number of hydrogen-bond acceptors (Lipinski definition) is 6. The maximum Gasteiger partial charge on any atom is 0.255 e. The molecule has 0 radical (unpaired) electrons. The number of benzene rings is 1. The zero-order chi connectivity index (χ0) is 21.4. The van der Waals surface area contributed by atoms with Crippen LogP contribution in [0.4, 0.5) is 5.13 Å². The summed E-state index contributed by atoms with van der Waals surface area (Å²) < 4.78 is 5.49. The molecule has 1 aromatic carbocycles. The molecule has 31 heavy (non-hydrogen) atoms. The van der Waals surface area contributed by atoms with Crippen LogP contribution in [0, 0.1) is 17.8 Å². The van der Waals surface area contributed by atoms with Gasteiger partial charge in [0.05, 0.1) is 18.7 Å². The van der Waals surface area contributed by atoms with Crippen LogP contribution in [0.25, 0.3) is 0 Å². The molecule has 4 fully saturated rings. The minimum atomic E-state index is -0.342. The van der Waals surface area contributed by atoms with Crippen LogP contribution in [0.1, 0.15) is 60.8 Å². The van der Waals surface area contributed by atoms with E-state index in [4.69, 9.17) is 4.74 Å². The molecule has 0 saturated heterocycles. The number of rotatable bonds is 7. The summed E-state index contributed by atoms with van der Waals surface area (Å²) in [6.07, 6.45) is 7.81. The zero-order valence-corrected chi connectivity index (χ0v) is 18.5. The highest BCUT2D eigenvalue weighted by Crippen LogP contribution is 2.61. The molecule has 0 aliphatic heterocycles. The van der Waals surface area contributed by atoms with E-state index in [1.807, 2.05) is 13.0 Å². The molecule has 6 rings (SSSR count). The Kier molecular flexibility index (Phi) is 5.42. The van der Waals surface area contributed by atoms with Crippen LogP contribution < -0.4 is 15.4 Å². The molecule has 0 unspecified atom stereocenters. The maximum atomic E-state index is 12.5. The minimum Gasteiger partial charge on any atom is -0.493 e. The first-order chi connectivity index (χ1) is 15.0. The van der Waals surface area contributed by atoms with Crippen molar-refractivity contribution in [3.05, 3.63) is 34.8 Å². The van der Waals surface area contributed by atoms with E-state index in [0.29, 0.717) is 23.1 Å². The second-order valence-electron chi connectivity index (χ2n) is 9.27.